The summed E-state index contributed by atoms with van der Waals surface area (Å²) >= 11 is 0. The standard InChI is InChI=1S/C12H17FN2O/c1-9-7-10(13)8-14-11(9)15-5-3-12(2,16)4-6-15/h7-8,16H,3-6H2,1-2H3. The van der Waals surface area contributed by atoms with Gasteiger partial charge in [0, 0.05) is 13.1 Å². The Bertz CT molecular complexity index is 383. The second-order valence-corrected chi connectivity index (χ2v) is 4.78. The van der Waals surface area contributed by atoms with E-state index in [0.29, 0.717) is 0 Å². The lowest BCUT2D eigenvalue weighted by Gasteiger charge is -2.37. The van der Waals surface area contributed by atoms with Gasteiger partial charge in [-0.1, -0.05) is 0 Å². The van der Waals surface area contributed by atoms with Crippen LogP contribution in [0.5, 0.6) is 0 Å². The Balaban J connectivity index is 2.14. The third-order valence-corrected chi connectivity index (χ3v) is 3.16. The highest BCUT2D eigenvalue weighted by atomic mass is 19.1. The molecule has 88 valence electrons. The number of aliphatic hydroxyl groups is 1. The van der Waals surface area contributed by atoms with Gasteiger partial charge in [-0.25, -0.2) is 9.37 Å². The second-order valence-electron chi connectivity index (χ2n) is 4.78. The topological polar surface area (TPSA) is 36.4 Å². The van der Waals surface area contributed by atoms with E-state index in [1.54, 1.807) is 0 Å². The first-order valence-electron chi connectivity index (χ1n) is 5.57. The van der Waals surface area contributed by atoms with Crippen LogP contribution in [0.25, 0.3) is 0 Å². The lowest BCUT2D eigenvalue weighted by Crippen LogP contribution is -2.43. The van der Waals surface area contributed by atoms with E-state index in [0.717, 1.165) is 37.3 Å². The Hall–Kier alpha value is -1.16. The molecule has 1 N–H and O–H groups in total. The third-order valence-electron chi connectivity index (χ3n) is 3.16. The molecule has 1 aliphatic heterocycles. The zero-order valence-corrected chi connectivity index (χ0v) is 9.70. The fourth-order valence-corrected chi connectivity index (χ4v) is 2.06. The molecule has 0 aromatic carbocycles. The highest BCUT2D eigenvalue weighted by molar-refractivity contribution is 5.46. The molecule has 4 heteroatoms. The average Bonchev–Trinajstić information content (AvgIpc) is 2.19. The predicted molar refractivity (Wildman–Crippen MR) is 61.0 cm³/mol. The minimum absolute atomic E-state index is 0.301. The van der Waals surface area contributed by atoms with E-state index < -0.39 is 5.60 Å². The van der Waals surface area contributed by atoms with Crippen LogP contribution in [0.15, 0.2) is 12.3 Å². The molecular formula is C12H17FN2O. The molecule has 0 radical (unpaired) electrons. The molecule has 0 aliphatic carbocycles. The molecule has 2 rings (SSSR count). The van der Waals surface area contributed by atoms with E-state index in [2.05, 4.69) is 9.88 Å². The first-order chi connectivity index (χ1) is 7.48. The molecule has 0 atom stereocenters. The van der Waals surface area contributed by atoms with Crippen LogP contribution in [-0.4, -0.2) is 28.8 Å². The Morgan fingerprint density at radius 1 is 1.44 bits per heavy atom. The van der Waals surface area contributed by atoms with Gasteiger partial charge in [-0.2, -0.15) is 0 Å². The normalized spacial score (nSPS) is 19.9. The molecule has 3 nitrogen and oxygen atoms in total. The fourth-order valence-electron chi connectivity index (χ4n) is 2.06. The molecule has 1 fully saturated rings. The number of nitrogens with zero attached hydrogens (tertiary/aromatic N) is 2. The second kappa shape index (κ2) is 4.01. The van der Waals surface area contributed by atoms with Crippen molar-refractivity contribution in [2.45, 2.75) is 32.3 Å². The quantitative estimate of drug-likeness (QED) is 0.791. The first kappa shape index (κ1) is 11.3. The first-order valence-corrected chi connectivity index (χ1v) is 5.57. The Morgan fingerprint density at radius 3 is 2.62 bits per heavy atom. The van der Waals surface area contributed by atoms with E-state index in [1.165, 1.54) is 12.3 Å². The summed E-state index contributed by atoms with van der Waals surface area (Å²) in [5, 5.41) is 9.85. The molecule has 1 aliphatic rings. The maximum atomic E-state index is 12.9. The average molecular weight is 224 g/mol. The maximum Gasteiger partial charge on any atom is 0.141 e. The SMILES string of the molecule is Cc1cc(F)cnc1N1CCC(C)(O)CC1. The van der Waals surface area contributed by atoms with E-state index in [9.17, 15) is 9.50 Å². The highest BCUT2D eigenvalue weighted by Crippen LogP contribution is 2.26. The smallest absolute Gasteiger partial charge is 0.141 e. The number of anilines is 1. The Morgan fingerprint density at radius 2 is 2.06 bits per heavy atom. The summed E-state index contributed by atoms with van der Waals surface area (Å²) in [5.74, 6) is 0.530. The Kier molecular flexibility index (Phi) is 2.84. The number of rotatable bonds is 1. The number of pyridine rings is 1. The van der Waals surface area contributed by atoms with Crippen molar-refractivity contribution in [2.75, 3.05) is 18.0 Å². The largest absolute Gasteiger partial charge is 0.390 e. The summed E-state index contributed by atoms with van der Waals surface area (Å²) < 4.78 is 12.9. The predicted octanol–water partition coefficient (Wildman–Crippen LogP) is 1.88. The van der Waals surface area contributed by atoms with E-state index in [-0.39, 0.29) is 5.82 Å². The molecule has 0 bridgehead atoms. The lowest BCUT2D eigenvalue weighted by atomic mass is 9.94. The highest BCUT2D eigenvalue weighted by Gasteiger charge is 2.28. The molecule has 0 spiro atoms. The summed E-state index contributed by atoms with van der Waals surface area (Å²) in [6, 6.07) is 1.50. The molecule has 2 heterocycles. The number of hydrogen-bond acceptors (Lipinski definition) is 3. The molecule has 16 heavy (non-hydrogen) atoms. The maximum absolute atomic E-state index is 12.9. The zero-order valence-electron chi connectivity index (χ0n) is 9.70. The molecule has 1 saturated heterocycles. The van der Waals surface area contributed by atoms with Crippen molar-refractivity contribution in [1.82, 2.24) is 4.98 Å². The van der Waals surface area contributed by atoms with Crippen LogP contribution >= 0.6 is 0 Å². The van der Waals surface area contributed by atoms with Crippen molar-refractivity contribution in [3.05, 3.63) is 23.6 Å². The molecule has 1 aromatic heterocycles. The molecular weight excluding hydrogens is 207 g/mol. The summed E-state index contributed by atoms with van der Waals surface area (Å²) in [6.45, 7) is 5.26. The molecule has 0 saturated carbocycles. The minimum Gasteiger partial charge on any atom is -0.390 e. The summed E-state index contributed by atoms with van der Waals surface area (Å²) in [4.78, 5) is 6.22. The zero-order chi connectivity index (χ0) is 11.8. The Labute approximate surface area is 94.9 Å². The van der Waals surface area contributed by atoms with Crippen LogP contribution in [0.2, 0.25) is 0 Å². The number of aryl methyl sites for hydroxylation is 1. The number of halogens is 1. The monoisotopic (exact) mass is 224 g/mol. The van der Waals surface area contributed by atoms with Crippen molar-refractivity contribution in [3.8, 4) is 0 Å². The van der Waals surface area contributed by atoms with Gasteiger partial charge in [0.15, 0.2) is 0 Å². The molecule has 0 amide bonds. The van der Waals surface area contributed by atoms with Crippen molar-refractivity contribution in [1.29, 1.82) is 0 Å². The number of hydrogen-bond donors (Lipinski definition) is 1. The van der Waals surface area contributed by atoms with Gasteiger partial charge in [0.1, 0.15) is 11.6 Å². The van der Waals surface area contributed by atoms with Crippen LogP contribution in [0.3, 0.4) is 0 Å². The van der Waals surface area contributed by atoms with Crippen LogP contribution in [-0.2, 0) is 0 Å². The van der Waals surface area contributed by atoms with Crippen LogP contribution < -0.4 is 4.90 Å². The van der Waals surface area contributed by atoms with Gasteiger partial charge in [0.05, 0.1) is 11.8 Å². The summed E-state index contributed by atoms with van der Waals surface area (Å²) in [5.41, 5.74) is 0.284. The van der Waals surface area contributed by atoms with E-state index in [4.69, 9.17) is 0 Å². The molecule has 1 aromatic rings. The van der Waals surface area contributed by atoms with Crippen molar-refractivity contribution < 1.29 is 9.50 Å². The minimum atomic E-state index is -0.565. The summed E-state index contributed by atoms with van der Waals surface area (Å²) in [6.07, 6.45) is 2.70. The van der Waals surface area contributed by atoms with E-state index >= 15 is 0 Å². The van der Waals surface area contributed by atoms with Crippen LogP contribution in [0.1, 0.15) is 25.3 Å². The van der Waals surface area contributed by atoms with E-state index in [1.807, 2.05) is 13.8 Å². The van der Waals surface area contributed by atoms with Crippen molar-refractivity contribution in [2.24, 2.45) is 0 Å². The van der Waals surface area contributed by atoms with Crippen molar-refractivity contribution in [3.63, 3.8) is 0 Å². The van der Waals surface area contributed by atoms with Crippen molar-refractivity contribution >= 4 is 5.82 Å². The van der Waals surface area contributed by atoms with Gasteiger partial charge in [-0.05, 0) is 38.3 Å². The van der Waals surface area contributed by atoms with Gasteiger partial charge in [-0.15, -0.1) is 0 Å². The van der Waals surface area contributed by atoms with Gasteiger partial charge in [0.25, 0.3) is 0 Å². The van der Waals surface area contributed by atoms with Crippen LogP contribution in [0.4, 0.5) is 10.2 Å². The lowest BCUT2D eigenvalue weighted by molar-refractivity contribution is 0.0350. The molecule has 0 unspecified atom stereocenters. The summed E-state index contributed by atoms with van der Waals surface area (Å²) in [7, 11) is 0. The van der Waals surface area contributed by atoms with Gasteiger partial charge >= 0.3 is 0 Å². The van der Waals surface area contributed by atoms with Gasteiger partial charge in [-0.3, -0.25) is 0 Å². The fraction of sp³-hybridized carbons (Fsp3) is 0.583. The number of piperidine rings is 1. The van der Waals surface area contributed by atoms with Gasteiger partial charge in [0.2, 0.25) is 0 Å². The number of aromatic nitrogens is 1. The third kappa shape index (κ3) is 2.32. The van der Waals surface area contributed by atoms with Gasteiger partial charge < -0.3 is 10.0 Å². The van der Waals surface area contributed by atoms with Crippen LogP contribution in [0, 0.1) is 12.7 Å².